The first-order valence-electron chi connectivity index (χ1n) is 7.43. The molecule has 0 saturated carbocycles. The molecule has 1 aliphatic heterocycles. The van der Waals surface area contributed by atoms with Gasteiger partial charge in [-0.05, 0) is 33.0 Å². The summed E-state index contributed by atoms with van der Waals surface area (Å²) in [5.41, 5.74) is 0.957. The van der Waals surface area contributed by atoms with Gasteiger partial charge in [0.1, 0.15) is 6.10 Å². The highest BCUT2D eigenvalue weighted by Crippen LogP contribution is 2.30. The molecule has 124 valence electrons. The second kappa shape index (κ2) is 9.36. The van der Waals surface area contributed by atoms with E-state index in [-0.39, 0.29) is 30.5 Å². The summed E-state index contributed by atoms with van der Waals surface area (Å²) >= 11 is 6.23. The Labute approximate surface area is 143 Å². The van der Waals surface area contributed by atoms with Crippen LogP contribution in [0.1, 0.15) is 31.4 Å². The minimum atomic E-state index is -0.136. The van der Waals surface area contributed by atoms with Crippen LogP contribution in [0.4, 0.5) is 0 Å². The summed E-state index contributed by atoms with van der Waals surface area (Å²) in [6.45, 7) is 4.01. The molecule has 0 spiro atoms. The van der Waals surface area contributed by atoms with Crippen molar-refractivity contribution < 1.29 is 9.53 Å². The highest BCUT2D eigenvalue weighted by Gasteiger charge is 2.30. The Morgan fingerprint density at radius 1 is 1.45 bits per heavy atom. The zero-order chi connectivity index (χ0) is 15.2. The van der Waals surface area contributed by atoms with Gasteiger partial charge in [-0.2, -0.15) is 0 Å². The Morgan fingerprint density at radius 2 is 2.18 bits per heavy atom. The van der Waals surface area contributed by atoms with Crippen molar-refractivity contribution in [3.8, 4) is 0 Å². The zero-order valence-electron chi connectivity index (χ0n) is 13.0. The molecule has 0 bridgehead atoms. The van der Waals surface area contributed by atoms with Crippen LogP contribution < -0.4 is 5.32 Å². The van der Waals surface area contributed by atoms with Crippen LogP contribution in [0.5, 0.6) is 0 Å². The Hall–Kier alpha value is -0.810. The monoisotopic (exact) mass is 346 g/mol. The molecule has 1 saturated heterocycles. The number of carbonyl (C=O) groups excluding carboxylic acids is 1. The number of benzene rings is 1. The zero-order valence-corrected chi connectivity index (χ0v) is 14.6. The number of ether oxygens (including phenoxy) is 1. The number of hydrogen-bond acceptors (Lipinski definition) is 3. The first-order valence-corrected chi connectivity index (χ1v) is 7.81. The lowest BCUT2D eigenvalue weighted by Gasteiger charge is -2.38. The van der Waals surface area contributed by atoms with Gasteiger partial charge >= 0.3 is 0 Å². The summed E-state index contributed by atoms with van der Waals surface area (Å²) in [5, 5.41) is 3.76. The number of carbonyl (C=O) groups is 1. The van der Waals surface area contributed by atoms with E-state index >= 15 is 0 Å². The van der Waals surface area contributed by atoms with E-state index < -0.39 is 0 Å². The van der Waals surface area contributed by atoms with Gasteiger partial charge in [0.05, 0.1) is 19.2 Å². The van der Waals surface area contributed by atoms with Crippen molar-refractivity contribution in [2.24, 2.45) is 0 Å². The van der Waals surface area contributed by atoms with Crippen molar-refractivity contribution in [3.63, 3.8) is 0 Å². The highest BCUT2D eigenvalue weighted by molar-refractivity contribution is 6.31. The van der Waals surface area contributed by atoms with Crippen molar-refractivity contribution in [2.75, 3.05) is 26.7 Å². The van der Waals surface area contributed by atoms with Gasteiger partial charge in [0, 0.05) is 17.0 Å². The summed E-state index contributed by atoms with van der Waals surface area (Å²) in [4.78, 5) is 14.3. The molecule has 6 heteroatoms. The molecule has 2 unspecified atom stereocenters. The molecule has 1 N–H and O–H groups in total. The minimum absolute atomic E-state index is 0. The predicted octanol–water partition coefficient (Wildman–Crippen LogP) is 3.05. The van der Waals surface area contributed by atoms with Crippen LogP contribution in [0.2, 0.25) is 5.02 Å². The summed E-state index contributed by atoms with van der Waals surface area (Å²) in [6, 6.07) is 7.79. The van der Waals surface area contributed by atoms with Gasteiger partial charge < -0.3 is 15.0 Å². The Bertz CT molecular complexity index is 485. The highest BCUT2D eigenvalue weighted by atomic mass is 35.5. The van der Waals surface area contributed by atoms with Gasteiger partial charge in [-0.3, -0.25) is 4.79 Å². The van der Waals surface area contributed by atoms with Crippen molar-refractivity contribution in [3.05, 3.63) is 34.9 Å². The fraction of sp³-hybridized carbons (Fsp3) is 0.562. The van der Waals surface area contributed by atoms with Crippen molar-refractivity contribution in [2.45, 2.75) is 31.9 Å². The molecule has 0 aliphatic carbocycles. The van der Waals surface area contributed by atoms with E-state index in [2.05, 4.69) is 5.32 Å². The summed E-state index contributed by atoms with van der Waals surface area (Å²) in [5.74, 6) is 0.193. The SMILES string of the molecule is CNCCCC(=O)N1CC(c2ccccc2Cl)OCC1C.Cl. The van der Waals surface area contributed by atoms with E-state index in [1.165, 1.54) is 0 Å². The molecule has 0 aromatic heterocycles. The second-order valence-electron chi connectivity index (χ2n) is 5.45. The van der Waals surface area contributed by atoms with Crippen LogP contribution in [0.3, 0.4) is 0 Å². The molecule has 1 aromatic rings. The summed E-state index contributed by atoms with van der Waals surface area (Å²) in [6.07, 6.45) is 1.29. The van der Waals surface area contributed by atoms with Crippen LogP contribution >= 0.6 is 24.0 Å². The first kappa shape index (κ1) is 19.2. The lowest BCUT2D eigenvalue weighted by molar-refractivity contribution is -0.144. The normalized spacial score (nSPS) is 21.3. The molecular formula is C16H24Cl2N2O2. The van der Waals surface area contributed by atoms with Crippen LogP contribution in [0.25, 0.3) is 0 Å². The lowest BCUT2D eigenvalue weighted by atomic mass is 10.1. The van der Waals surface area contributed by atoms with E-state index in [9.17, 15) is 4.79 Å². The van der Waals surface area contributed by atoms with Gasteiger partial charge in [-0.1, -0.05) is 29.8 Å². The van der Waals surface area contributed by atoms with Crippen molar-refractivity contribution in [1.82, 2.24) is 10.2 Å². The second-order valence-corrected chi connectivity index (χ2v) is 5.85. The standard InChI is InChI=1S/C16H23ClN2O2.ClH/c1-12-11-21-15(13-6-3-4-7-14(13)17)10-19(12)16(20)8-5-9-18-2;/h3-4,6-7,12,15,18H,5,8-11H2,1-2H3;1H. The molecule has 1 amide bonds. The van der Waals surface area contributed by atoms with Gasteiger partial charge in [-0.15, -0.1) is 12.4 Å². The largest absolute Gasteiger partial charge is 0.369 e. The van der Waals surface area contributed by atoms with Crippen LogP contribution in [-0.2, 0) is 9.53 Å². The first-order chi connectivity index (χ1) is 10.1. The van der Waals surface area contributed by atoms with E-state index in [4.69, 9.17) is 16.3 Å². The molecule has 4 nitrogen and oxygen atoms in total. The number of amides is 1. The van der Waals surface area contributed by atoms with Crippen LogP contribution in [0, 0.1) is 0 Å². The number of morpholine rings is 1. The fourth-order valence-electron chi connectivity index (χ4n) is 2.59. The van der Waals surface area contributed by atoms with E-state index in [1.54, 1.807) is 0 Å². The third-order valence-electron chi connectivity index (χ3n) is 3.82. The topological polar surface area (TPSA) is 41.6 Å². The molecule has 22 heavy (non-hydrogen) atoms. The maximum Gasteiger partial charge on any atom is 0.223 e. The molecule has 1 heterocycles. The van der Waals surface area contributed by atoms with E-state index in [0.717, 1.165) is 18.5 Å². The Kier molecular flexibility index (Phi) is 8.18. The minimum Gasteiger partial charge on any atom is -0.369 e. The average molecular weight is 347 g/mol. The molecular weight excluding hydrogens is 323 g/mol. The van der Waals surface area contributed by atoms with Gasteiger partial charge in [0.15, 0.2) is 0 Å². The number of halogens is 2. The molecule has 1 fully saturated rings. The molecule has 1 aliphatic rings. The van der Waals surface area contributed by atoms with Gasteiger partial charge in [0.2, 0.25) is 5.91 Å². The molecule has 1 aromatic carbocycles. The number of nitrogens with zero attached hydrogens (tertiary/aromatic N) is 1. The maximum atomic E-state index is 12.4. The molecule has 2 atom stereocenters. The lowest BCUT2D eigenvalue weighted by Crippen LogP contribution is -2.48. The maximum absolute atomic E-state index is 12.4. The Morgan fingerprint density at radius 3 is 2.86 bits per heavy atom. The van der Waals surface area contributed by atoms with Crippen LogP contribution in [-0.4, -0.2) is 43.6 Å². The third kappa shape index (κ3) is 4.85. The smallest absolute Gasteiger partial charge is 0.223 e. The quantitative estimate of drug-likeness (QED) is 0.833. The van der Waals surface area contributed by atoms with Gasteiger partial charge in [-0.25, -0.2) is 0 Å². The molecule has 0 radical (unpaired) electrons. The number of rotatable bonds is 5. The fourth-order valence-corrected chi connectivity index (χ4v) is 2.85. The van der Waals surface area contributed by atoms with Crippen molar-refractivity contribution in [1.29, 1.82) is 0 Å². The predicted molar refractivity (Wildman–Crippen MR) is 91.7 cm³/mol. The number of hydrogen-bond donors (Lipinski definition) is 1. The van der Waals surface area contributed by atoms with Crippen LogP contribution in [0.15, 0.2) is 24.3 Å². The third-order valence-corrected chi connectivity index (χ3v) is 4.17. The summed E-state index contributed by atoms with van der Waals surface area (Å²) < 4.78 is 5.87. The molecule has 2 rings (SSSR count). The average Bonchev–Trinajstić information content (AvgIpc) is 2.48. The summed E-state index contributed by atoms with van der Waals surface area (Å²) in [7, 11) is 1.90. The van der Waals surface area contributed by atoms with E-state index in [1.807, 2.05) is 43.1 Å². The number of nitrogens with one attached hydrogen (secondary N) is 1. The van der Waals surface area contributed by atoms with Gasteiger partial charge in [0.25, 0.3) is 0 Å². The van der Waals surface area contributed by atoms with Crippen molar-refractivity contribution >= 4 is 29.9 Å². The Balaban J connectivity index is 0.00000242. The van der Waals surface area contributed by atoms with E-state index in [0.29, 0.717) is 24.6 Å².